The Labute approximate surface area is 156 Å². The van der Waals surface area contributed by atoms with Gasteiger partial charge in [-0.25, -0.2) is 4.98 Å². The highest BCUT2D eigenvalue weighted by Gasteiger charge is 2.27. The van der Waals surface area contributed by atoms with Crippen molar-refractivity contribution in [3.63, 3.8) is 0 Å². The van der Waals surface area contributed by atoms with E-state index in [9.17, 15) is 9.59 Å². The lowest BCUT2D eigenvalue weighted by molar-refractivity contribution is -0.114. The van der Waals surface area contributed by atoms with Crippen molar-refractivity contribution in [1.82, 2.24) is 9.97 Å². The number of ether oxygens (including phenoxy) is 1. The summed E-state index contributed by atoms with van der Waals surface area (Å²) in [6.45, 7) is 1.92. The molecule has 0 saturated carbocycles. The van der Waals surface area contributed by atoms with Gasteiger partial charge < -0.3 is 15.0 Å². The lowest BCUT2D eigenvalue weighted by Crippen LogP contribution is -2.18. The van der Waals surface area contributed by atoms with Crippen molar-refractivity contribution in [1.29, 1.82) is 0 Å². The van der Waals surface area contributed by atoms with Crippen LogP contribution in [0, 0.1) is 0 Å². The van der Waals surface area contributed by atoms with E-state index < -0.39 is 0 Å². The summed E-state index contributed by atoms with van der Waals surface area (Å²) in [7, 11) is 0. The summed E-state index contributed by atoms with van der Waals surface area (Å²) in [5, 5.41) is 2.70. The summed E-state index contributed by atoms with van der Waals surface area (Å²) < 4.78 is 5.39. The van der Waals surface area contributed by atoms with Gasteiger partial charge in [-0.1, -0.05) is 30.3 Å². The van der Waals surface area contributed by atoms with E-state index in [1.165, 1.54) is 6.92 Å². The van der Waals surface area contributed by atoms with Crippen LogP contribution in [0.4, 0.5) is 5.82 Å². The van der Waals surface area contributed by atoms with Crippen molar-refractivity contribution < 1.29 is 14.3 Å². The Morgan fingerprint density at radius 3 is 2.81 bits per heavy atom. The van der Waals surface area contributed by atoms with E-state index in [0.29, 0.717) is 18.8 Å². The number of ketones is 1. The average Bonchev–Trinajstić information content (AvgIpc) is 3.02. The standard InChI is InChI=1S/C21H19N3O3/c1-13(25)23-19-10-15(7-8-22-19)21-16(9-14-5-3-2-4-6-14)20-17(24-21)11-27-12-18(20)26/h2-8,10,24H,9,11-12H2,1H3,(H,22,23,25). The number of benzene rings is 1. The molecule has 4 rings (SSSR count). The Bertz CT molecular complexity index is 1010. The second-order valence-electron chi connectivity index (χ2n) is 6.52. The minimum absolute atomic E-state index is 0.0131. The molecule has 6 heteroatoms. The molecule has 1 aliphatic rings. The van der Waals surface area contributed by atoms with Crippen molar-refractivity contribution in [2.24, 2.45) is 0 Å². The minimum Gasteiger partial charge on any atom is -0.367 e. The minimum atomic E-state index is -0.182. The first-order valence-corrected chi connectivity index (χ1v) is 8.74. The first kappa shape index (κ1) is 17.2. The van der Waals surface area contributed by atoms with Gasteiger partial charge in [-0.3, -0.25) is 9.59 Å². The van der Waals surface area contributed by atoms with Crippen LogP contribution in [0.25, 0.3) is 11.3 Å². The number of hydrogen-bond donors (Lipinski definition) is 2. The van der Waals surface area contributed by atoms with E-state index in [0.717, 1.165) is 33.6 Å². The number of H-pyrrole nitrogens is 1. The lowest BCUT2D eigenvalue weighted by atomic mass is 9.95. The van der Waals surface area contributed by atoms with Gasteiger partial charge in [-0.2, -0.15) is 0 Å². The van der Waals surface area contributed by atoms with Crippen molar-refractivity contribution >= 4 is 17.5 Å². The highest BCUT2D eigenvalue weighted by Crippen LogP contribution is 2.33. The number of anilines is 1. The zero-order chi connectivity index (χ0) is 18.8. The molecule has 0 spiro atoms. The molecular formula is C21H19N3O3. The van der Waals surface area contributed by atoms with Crippen molar-refractivity contribution in [3.05, 3.63) is 71.0 Å². The number of fused-ring (bicyclic) bond motifs is 1. The summed E-state index contributed by atoms with van der Waals surface area (Å²) >= 11 is 0. The second-order valence-corrected chi connectivity index (χ2v) is 6.52. The molecule has 0 radical (unpaired) electrons. The van der Waals surface area contributed by atoms with E-state index in [2.05, 4.69) is 15.3 Å². The highest BCUT2D eigenvalue weighted by molar-refractivity contribution is 6.02. The summed E-state index contributed by atoms with van der Waals surface area (Å²) in [6.07, 6.45) is 2.27. The maximum atomic E-state index is 12.5. The van der Waals surface area contributed by atoms with Gasteiger partial charge in [0.25, 0.3) is 0 Å². The monoisotopic (exact) mass is 361 g/mol. The molecule has 2 N–H and O–H groups in total. The predicted octanol–water partition coefficient (Wildman–Crippen LogP) is 3.34. The van der Waals surface area contributed by atoms with Gasteiger partial charge in [-0.15, -0.1) is 0 Å². The lowest BCUT2D eigenvalue weighted by Gasteiger charge is -2.13. The number of amides is 1. The molecule has 3 heterocycles. The molecule has 0 bridgehead atoms. The Morgan fingerprint density at radius 2 is 2.04 bits per heavy atom. The number of Topliss-reactive ketones (excluding diaryl/α,β-unsaturated/α-hetero) is 1. The number of aromatic amines is 1. The molecule has 3 aromatic rings. The molecule has 2 aromatic heterocycles. The zero-order valence-electron chi connectivity index (χ0n) is 14.9. The van der Waals surface area contributed by atoms with Gasteiger partial charge in [0, 0.05) is 30.7 Å². The normalized spacial score (nSPS) is 13.3. The SMILES string of the molecule is CC(=O)Nc1cc(-c2[nH]c3c(c2Cc2ccccc2)C(=O)COC3)ccn1. The molecule has 0 fully saturated rings. The Kier molecular flexibility index (Phi) is 4.56. The van der Waals surface area contributed by atoms with E-state index in [1.54, 1.807) is 12.3 Å². The molecule has 6 nitrogen and oxygen atoms in total. The van der Waals surface area contributed by atoms with Crippen molar-refractivity contribution in [3.8, 4) is 11.3 Å². The van der Waals surface area contributed by atoms with Crippen molar-refractivity contribution in [2.75, 3.05) is 11.9 Å². The van der Waals surface area contributed by atoms with Gasteiger partial charge in [0.05, 0.1) is 18.0 Å². The fraction of sp³-hybridized carbons (Fsp3) is 0.190. The number of carbonyl (C=O) groups is 2. The first-order chi connectivity index (χ1) is 13.1. The van der Waals surface area contributed by atoms with Crippen LogP contribution in [-0.4, -0.2) is 28.3 Å². The number of hydrogen-bond acceptors (Lipinski definition) is 4. The number of nitrogens with one attached hydrogen (secondary N) is 2. The van der Waals surface area contributed by atoms with Crippen LogP contribution in [0.2, 0.25) is 0 Å². The van der Waals surface area contributed by atoms with Crippen LogP contribution >= 0.6 is 0 Å². The van der Waals surface area contributed by atoms with Gasteiger partial charge in [-0.05, 0) is 23.3 Å². The van der Waals surface area contributed by atoms with Crippen LogP contribution in [-0.2, 0) is 22.6 Å². The van der Waals surface area contributed by atoms with Crippen molar-refractivity contribution in [2.45, 2.75) is 20.0 Å². The van der Waals surface area contributed by atoms with E-state index >= 15 is 0 Å². The molecule has 0 saturated heterocycles. The summed E-state index contributed by atoms with van der Waals surface area (Å²) in [6, 6.07) is 13.7. The van der Waals surface area contributed by atoms with E-state index in [4.69, 9.17) is 4.74 Å². The number of rotatable bonds is 4. The fourth-order valence-corrected chi connectivity index (χ4v) is 3.42. The molecule has 27 heavy (non-hydrogen) atoms. The Hall–Kier alpha value is -3.25. The fourth-order valence-electron chi connectivity index (χ4n) is 3.42. The quantitative estimate of drug-likeness (QED) is 0.746. The second kappa shape index (κ2) is 7.17. The molecular weight excluding hydrogens is 342 g/mol. The van der Waals surface area contributed by atoms with Gasteiger partial charge in [0.15, 0.2) is 5.78 Å². The van der Waals surface area contributed by atoms with Crippen LogP contribution in [0.1, 0.15) is 34.1 Å². The van der Waals surface area contributed by atoms with Crippen LogP contribution < -0.4 is 5.32 Å². The van der Waals surface area contributed by atoms with E-state index in [-0.39, 0.29) is 18.3 Å². The molecule has 1 aromatic carbocycles. The number of nitrogens with zero attached hydrogens (tertiary/aromatic N) is 1. The van der Waals surface area contributed by atoms with E-state index in [1.807, 2.05) is 36.4 Å². The molecule has 0 atom stereocenters. The first-order valence-electron chi connectivity index (χ1n) is 8.74. The largest absolute Gasteiger partial charge is 0.367 e. The Balaban J connectivity index is 1.83. The molecule has 1 amide bonds. The van der Waals surface area contributed by atoms with Crippen LogP contribution in [0.3, 0.4) is 0 Å². The third kappa shape index (κ3) is 3.52. The Morgan fingerprint density at radius 1 is 1.22 bits per heavy atom. The number of pyridine rings is 1. The van der Waals surface area contributed by atoms with Gasteiger partial charge in [0.1, 0.15) is 12.4 Å². The van der Waals surface area contributed by atoms with Crippen LogP contribution in [0.5, 0.6) is 0 Å². The molecule has 0 unspecified atom stereocenters. The predicted molar refractivity (Wildman–Crippen MR) is 102 cm³/mol. The summed E-state index contributed by atoms with van der Waals surface area (Å²) in [5.74, 6) is 0.278. The van der Waals surface area contributed by atoms with Crippen LogP contribution in [0.15, 0.2) is 48.7 Å². The zero-order valence-corrected chi connectivity index (χ0v) is 14.9. The highest BCUT2D eigenvalue weighted by atomic mass is 16.5. The van der Waals surface area contributed by atoms with Gasteiger partial charge >= 0.3 is 0 Å². The molecule has 0 aliphatic carbocycles. The van der Waals surface area contributed by atoms with Gasteiger partial charge in [0.2, 0.25) is 5.91 Å². The maximum absolute atomic E-state index is 12.5. The summed E-state index contributed by atoms with van der Waals surface area (Å²) in [4.78, 5) is 31.4. The molecule has 136 valence electrons. The third-order valence-corrected chi connectivity index (χ3v) is 4.52. The third-order valence-electron chi connectivity index (χ3n) is 4.52. The molecule has 1 aliphatic heterocycles. The summed E-state index contributed by atoms with van der Waals surface area (Å²) in [5.41, 5.74) is 5.31. The average molecular weight is 361 g/mol. The maximum Gasteiger partial charge on any atom is 0.222 e. The number of carbonyl (C=O) groups excluding carboxylic acids is 2. The topological polar surface area (TPSA) is 84.1 Å². The smallest absolute Gasteiger partial charge is 0.222 e. The number of aromatic nitrogens is 2.